The topological polar surface area (TPSA) is 46.2 Å². The number of benzene rings is 3. The molecule has 1 aliphatic rings. The Balaban J connectivity index is 1.80. The molecule has 4 heteroatoms. The Hall–Kier alpha value is -3.27. The molecule has 0 unspecified atom stereocenters. The van der Waals surface area contributed by atoms with Crippen LogP contribution in [0.25, 0.3) is 16.8 Å². The first kappa shape index (κ1) is 15.3. The van der Waals surface area contributed by atoms with Crippen molar-refractivity contribution in [2.75, 3.05) is 5.32 Å². The summed E-state index contributed by atoms with van der Waals surface area (Å²) in [7, 11) is 0. The normalized spacial score (nSPS) is 15.8. The summed E-state index contributed by atoms with van der Waals surface area (Å²) in [5.74, 6) is -1.12. The molecule has 1 aliphatic heterocycles. The fourth-order valence-corrected chi connectivity index (χ4v) is 3.05. The number of hydrogen-bond acceptors (Lipinski definition) is 2. The molecule has 0 aromatic heterocycles. The number of amides is 1. The van der Waals surface area contributed by atoms with E-state index in [0.717, 1.165) is 22.4 Å². The number of fused-ring (bicyclic) bond motifs is 2. The molecule has 1 amide bonds. The number of hydrogen-bond donors (Lipinski definition) is 1. The molecule has 0 spiro atoms. The largest absolute Gasteiger partial charge is 0.325 e. The smallest absolute Gasteiger partial charge is 0.228 e. The average molecular weight is 331 g/mol. The molecule has 0 fully saturated rings. The van der Waals surface area contributed by atoms with Gasteiger partial charge in [0.2, 0.25) is 5.91 Å². The maximum Gasteiger partial charge on any atom is 0.228 e. The number of nitrogens with one attached hydrogen (secondary N) is 1. The minimum Gasteiger partial charge on any atom is -0.325 e. The summed E-state index contributed by atoms with van der Waals surface area (Å²) in [6.45, 7) is 0. The Labute approximate surface area is 143 Å². The van der Waals surface area contributed by atoms with E-state index in [1.165, 1.54) is 12.1 Å². The van der Waals surface area contributed by atoms with Gasteiger partial charge in [-0.05, 0) is 46.7 Å². The number of Topliss-reactive ketones (excluding diaryl/α,β-unsaturated/α-hetero) is 1. The summed E-state index contributed by atoms with van der Waals surface area (Å²) in [6, 6.07) is 17.5. The second-order valence-electron chi connectivity index (χ2n) is 6.02. The van der Waals surface area contributed by atoms with Crippen molar-refractivity contribution in [2.45, 2.75) is 6.42 Å². The maximum absolute atomic E-state index is 13.5. The predicted molar refractivity (Wildman–Crippen MR) is 95.9 cm³/mol. The summed E-state index contributed by atoms with van der Waals surface area (Å²) in [5.41, 5.74) is 1.70. The molecule has 0 aliphatic carbocycles. The SMILES string of the molecule is O=C1CC(=Cc2ccc3ccccc3c2)C(=O)c2cc(F)ccc2N1. The molecular formula is C21H14FNO2. The van der Waals surface area contributed by atoms with Gasteiger partial charge in [0.25, 0.3) is 0 Å². The van der Waals surface area contributed by atoms with Gasteiger partial charge < -0.3 is 5.32 Å². The second kappa shape index (κ2) is 5.98. The molecule has 25 heavy (non-hydrogen) atoms. The Morgan fingerprint density at radius 2 is 1.72 bits per heavy atom. The zero-order valence-corrected chi connectivity index (χ0v) is 13.3. The lowest BCUT2D eigenvalue weighted by molar-refractivity contribution is -0.115. The molecule has 1 heterocycles. The standard InChI is InChI=1S/C21H14FNO2/c22-17-7-8-19-18(12-17)21(25)16(11-20(24)23-19)10-13-5-6-14-3-1-2-4-15(14)9-13/h1-10,12H,11H2,(H,23,24). The third-order valence-electron chi connectivity index (χ3n) is 4.26. The first-order valence-electron chi connectivity index (χ1n) is 7.94. The van der Waals surface area contributed by atoms with Crippen LogP contribution in [0.4, 0.5) is 10.1 Å². The third-order valence-corrected chi connectivity index (χ3v) is 4.26. The van der Waals surface area contributed by atoms with Gasteiger partial charge in [0, 0.05) is 11.1 Å². The van der Waals surface area contributed by atoms with Crippen LogP contribution in [0, 0.1) is 5.82 Å². The highest BCUT2D eigenvalue weighted by Gasteiger charge is 2.24. The van der Waals surface area contributed by atoms with Gasteiger partial charge in [-0.15, -0.1) is 0 Å². The summed E-state index contributed by atoms with van der Waals surface area (Å²) in [6.07, 6.45) is 1.66. The van der Waals surface area contributed by atoms with E-state index in [0.29, 0.717) is 11.3 Å². The van der Waals surface area contributed by atoms with E-state index < -0.39 is 5.82 Å². The highest BCUT2D eigenvalue weighted by molar-refractivity contribution is 6.20. The van der Waals surface area contributed by atoms with Crippen LogP contribution in [-0.4, -0.2) is 11.7 Å². The Kier molecular flexibility index (Phi) is 3.65. The number of carbonyl (C=O) groups excluding carboxylic acids is 2. The van der Waals surface area contributed by atoms with Gasteiger partial charge in [0.05, 0.1) is 12.1 Å². The molecule has 4 rings (SSSR count). The Morgan fingerprint density at radius 1 is 0.920 bits per heavy atom. The van der Waals surface area contributed by atoms with Crippen LogP contribution >= 0.6 is 0 Å². The van der Waals surface area contributed by atoms with E-state index in [-0.39, 0.29) is 23.7 Å². The minimum atomic E-state index is -0.506. The second-order valence-corrected chi connectivity index (χ2v) is 6.02. The quantitative estimate of drug-likeness (QED) is 0.663. The van der Waals surface area contributed by atoms with Gasteiger partial charge in [-0.2, -0.15) is 0 Å². The van der Waals surface area contributed by atoms with E-state index in [9.17, 15) is 14.0 Å². The molecule has 0 bridgehead atoms. The van der Waals surface area contributed by atoms with Crippen molar-refractivity contribution in [3.63, 3.8) is 0 Å². The van der Waals surface area contributed by atoms with Gasteiger partial charge >= 0.3 is 0 Å². The molecule has 0 saturated heterocycles. The van der Waals surface area contributed by atoms with Gasteiger partial charge in [0.15, 0.2) is 5.78 Å². The summed E-state index contributed by atoms with van der Waals surface area (Å²) in [4.78, 5) is 24.9. The molecule has 1 N–H and O–H groups in total. The van der Waals surface area contributed by atoms with Crippen molar-refractivity contribution in [3.05, 3.63) is 83.2 Å². The molecule has 122 valence electrons. The van der Waals surface area contributed by atoms with Crippen LogP contribution in [-0.2, 0) is 4.79 Å². The van der Waals surface area contributed by atoms with Crippen LogP contribution in [0.3, 0.4) is 0 Å². The zero-order valence-electron chi connectivity index (χ0n) is 13.3. The molecule has 0 saturated carbocycles. The monoisotopic (exact) mass is 331 g/mol. The molecule has 3 nitrogen and oxygen atoms in total. The van der Waals surface area contributed by atoms with Crippen molar-refractivity contribution >= 4 is 34.2 Å². The molecular weight excluding hydrogens is 317 g/mol. The van der Waals surface area contributed by atoms with Gasteiger partial charge in [-0.3, -0.25) is 9.59 Å². The van der Waals surface area contributed by atoms with Gasteiger partial charge in [0.1, 0.15) is 5.82 Å². The molecule has 3 aromatic rings. The third kappa shape index (κ3) is 2.94. The number of halogens is 1. The van der Waals surface area contributed by atoms with E-state index >= 15 is 0 Å². The lowest BCUT2D eigenvalue weighted by atomic mass is 9.98. The van der Waals surface area contributed by atoms with E-state index in [2.05, 4.69) is 5.32 Å². The number of carbonyl (C=O) groups is 2. The van der Waals surface area contributed by atoms with Crippen molar-refractivity contribution in [1.29, 1.82) is 0 Å². The predicted octanol–water partition coefficient (Wildman–Crippen LogP) is 4.59. The number of anilines is 1. The number of rotatable bonds is 1. The van der Waals surface area contributed by atoms with Crippen molar-refractivity contribution in [2.24, 2.45) is 0 Å². The lowest BCUT2D eigenvalue weighted by Gasteiger charge is -2.05. The molecule has 0 atom stereocenters. The van der Waals surface area contributed by atoms with Crippen LogP contribution in [0.2, 0.25) is 0 Å². The fourth-order valence-electron chi connectivity index (χ4n) is 3.05. The zero-order chi connectivity index (χ0) is 17.4. The first-order chi connectivity index (χ1) is 12.1. The van der Waals surface area contributed by atoms with E-state index in [4.69, 9.17) is 0 Å². The first-order valence-corrected chi connectivity index (χ1v) is 7.94. The van der Waals surface area contributed by atoms with Gasteiger partial charge in [-0.25, -0.2) is 4.39 Å². The van der Waals surface area contributed by atoms with Crippen molar-refractivity contribution in [3.8, 4) is 0 Å². The fraction of sp³-hybridized carbons (Fsp3) is 0.0476. The molecule has 3 aromatic carbocycles. The van der Waals surface area contributed by atoms with E-state index in [1.54, 1.807) is 6.08 Å². The number of ketones is 1. The Bertz CT molecular complexity index is 1050. The highest BCUT2D eigenvalue weighted by Crippen LogP contribution is 2.27. The summed E-state index contributed by atoms with van der Waals surface area (Å²) in [5, 5.41) is 4.81. The van der Waals surface area contributed by atoms with Crippen LogP contribution in [0.1, 0.15) is 22.3 Å². The van der Waals surface area contributed by atoms with Gasteiger partial charge in [-0.1, -0.05) is 36.4 Å². The van der Waals surface area contributed by atoms with Crippen molar-refractivity contribution < 1.29 is 14.0 Å². The highest BCUT2D eigenvalue weighted by atomic mass is 19.1. The van der Waals surface area contributed by atoms with Crippen molar-refractivity contribution in [1.82, 2.24) is 0 Å². The van der Waals surface area contributed by atoms with Crippen LogP contribution in [0.5, 0.6) is 0 Å². The summed E-state index contributed by atoms with van der Waals surface area (Å²) >= 11 is 0. The molecule has 0 radical (unpaired) electrons. The van der Waals surface area contributed by atoms with E-state index in [1.807, 2.05) is 42.5 Å². The van der Waals surface area contributed by atoms with Crippen LogP contribution in [0.15, 0.2) is 66.2 Å². The lowest BCUT2D eigenvalue weighted by Crippen LogP contribution is -2.10. The minimum absolute atomic E-state index is 0.0397. The average Bonchev–Trinajstić information content (AvgIpc) is 2.72. The summed E-state index contributed by atoms with van der Waals surface area (Å²) < 4.78 is 13.5. The maximum atomic E-state index is 13.5. The Morgan fingerprint density at radius 3 is 2.56 bits per heavy atom. The van der Waals surface area contributed by atoms with Crippen LogP contribution < -0.4 is 5.32 Å².